The van der Waals surface area contributed by atoms with Crippen LogP contribution < -0.4 is 0 Å². The largest absolute Gasteiger partial charge is 0.465 e. The van der Waals surface area contributed by atoms with E-state index in [2.05, 4.69) is 10.2 Å². The van der Waals surface area contributed by atoms with Crippen molar-refractivity contribution in [2.24, 2.45) is 0 Å². The average Bonchev–Trinajstić information content (AvgIpc) is 2.66. The highest BCUT2D eigenvalue weighted by Gasteiger charge is 2.21. The molecule has 0 N–H and O–H groups in total. The quantitative estimate of drug-likeness (QED) is 0.633. The number of fused-ring (bicyclic) bond motifs is 1. The van der Waals surface area contributed by atoms with Crippen molar-refractivity contribution in [2.75, 3.05) is 7.11 Å². The number of halogens is 2. The molecule has 0 aliphatic rings. The second kappa shape index (κ2) is 7.15. The van der Waals surface area contributed by atoms with Crippen molar-refractivity contribution in [1.29, 1.82) is 0 Å². The van der Waals surface area contributed by atoms with Crippen molar-refractivity contribution in [3.8, 4) is 11.1 Å². The van der Waals surface area contributed by atoms with Gasteiger partial charge in [-0.2, -0.15) is 10.2 Å². The van der Waals surface area contributed by atoms with E-state index < -0.39 is 18.3 Å². The molecule has 26 heavy (non-hydrogen) atoms. The number of aromatic nitrogens is 2. The molecule has 0 amide bonds. The van der Waals surface area contributed by atoms with Gasteiger partial charge in [0.05, 0.1) is 30.5 Å². The molecule has 1 unspecified atom stereocenters. The first kappa shape index (κ1) is 17.9. The number of hydrogen-bond acceptors (Lipinski definition) is 4. The summed E-state index contributed by atoms with van der Waals surface area (Å²) in [5.41, 5.74) is 3.46. The number of carbonyl (C=O) groups excluding carboxylic acids is 1. The van der Waals surface area contributed by atoms with E-state index in [0.29, 0.717) is 10.9 Å². The molecule has 0 fully saturated rings. The first-order chi connectivity index (χ1) is 12.4. The average molecular weight is 356 g/mol. The molecule has 1 heterocycles. The fourth-order valence-corrected chi connectivity index (χ4v) is 2.91. The van der Waals surface area contributed by atoms with Crippen LogP contribution in [-0.4, -0.2) is 29.7 Å². The van der Waals surface area contributed by atoms with Gasteiger partial charge < -0.3 is 4.74 Å². The van der Waals surface area contributed by atoms with Gasteiger partial charge in [0, 0.05) is 10.8 Å². The standard InChI is InChI=1S/C20H18F2N2O2/c1-11-4-5-14(20(25)26-3)9-17(11)13-6-7-16-15(8-13)10-23-24-18(16)12(2)19(21)22/h4-10,12,19H,1-3H3. The Morgan fingerprint density at radius 1 is 1.15 bits per heavy atom. The molecule has 1 atom stereocenters. The number of benzene rings is 2. The number of nitrogens with zero attached hydrogens (tertiary/aromatic N) is 2. The molecular formula is C20H18F2N2O2. The van der Waals surface area contributed by atoms with Gasteiger partial charge in [0.25, 0.3) is 0 Å². The van der Waals surface area contributed by atoms with Crippen molar-refractivity contribution >= 4 is 16.7 Å². The molecule has 0 saturated carbocycles. The zero-order chi connectivity index (χ0) is 18.8. The van der Waals surface area contributed by atoms with E-state index in [0.717, 1.165) is 22.1 Å². The Morgan fingerprint density at radius 3 is 2.62 bits per heavy atom. The van der Waals surface area contributed by atoms with E-state index in [1.165, 1.54) is 14.0 Å². The normalized spacial score (nSPS) is 12.4. The molecule has 3 rings (SSSR count). The second-order valence-corrected chi connectivity index (χ2v) is 6.18. The fraction of sp³-hybridized carbons (Fsp3) is 0.250. The van der Waals surface area contributed by atoms with Gasteiger partial charge in [0.1, 0.15) is 0 Å². The van der Waals surface area contributed by atoms with Gasteiger partial charge in [0.2, 0.25) is 6.43 Å². The fourth-order valence-electron chi connectivity index (χ4n) is 2.91. The van der Waals surface area contributed by atoms with Crippen molar-refractivity contribution in [1.82, 2.24) is 10.2 Å². The molecule has 3 aromatic rings. The first-order valence-electron chi connectivity index (χ1n) is 8.15. The number of carbonyl (C=O) groups is 1. The topological polar surface area (TPSA) is 52.1 Å². The summed E-state index contributed by atoms with van der Waals surface area (Å²) < 4.78 is 30.9. The lowest BCUT2D eigenvalue weighted by Crippen LogP contribution is -2.08. The van der Waals surface area contributed by atoms with Gasteiger partial charge in [0.15, 0.2) is 0 Å². The molecule has 0 spiro atoms. The maximum atomic E-state index is 13.1. The summed E-state index contributed by atoms with van der Waals surface area (Å²) in [6, 6.07) is 10.8. The predicted molar refractivity (Wildman–Crippen MR) is 95.5 cm³/mol. The zero-order valence-electron chi connectivity index (χ0n) is 14.7. The van der Waals surface area contributed by atoms with Gasteiger partial charge in [-0.3, -0.25) is 0 Å². The highest BCUT2D eigenvalue weighted by molar-refractivity contribution is 5.93. The highest BCUT2D eigenvalue weighted by atomic mass is 19.3. The summed E-state index contributed by atoms with van der Waals surface area (Å²) in [4.78, 5) is 11.8. The van der Waals surface area contributed by atoms with Crippen molar-refractivity contribution < 1.29 is 18.3 Å². The monoisotopic (exact) mass is 356 g/mol. The van der Waals surface area contributed by atoms with E-state index >= 15 is 0 Å². The molecule has 4 nitrogen and oxygen atoms in total. The predicted octanol–water partition coefficient (Wildman–Crippen LogP) is 4.76. The third-order valence-electron chi connectivity index (χ3n) is 4.47. The third-order valence-corrected chi connectivity index (χ3v) is 4.47. The Bertz CT molecular complexity index is 973. The van der Waals surface area contributed by atoms with Crippen molar-refractivity contribution in [3.05, 3.63) is 59.4 Å². The Labute approximate surface area is 149 Å². The Balaban J connectivity index is 2.12. The Kier molecular flexibility index (Phi) is 4.93. The number of aryl methyl sites for hydroxylation is 1. The van der Waals surface area contributed by atoms with Gasteiger partial charge in [-0.15, -0.1) is 0 Å². The van der Waals surface area contributed by atoms with E-state index in [1.54, 1.807) is 24.4 Å². The minimum atomic E-state index is -2.51. The van der Waals surface area contributed by atoms with Crippen LogP contribution in [0.25, 0.3) is 21.9 Å². The SMILES string of the molecule is COC(=O)c1ccc(C)c(-c2ccc3c(C(C)C(F)F)nncc3c2)c1. The van der Waals surface area contributed by atoms with Crippen LogP contribution in [0, 0.1) is 6.92 Å². The van der Waals surface area contributed by atoms with Gasteiger partial charge in [-0.1, -0.05) is 25.1 Å². The molecule has 0 bridgehead atoms. The summed E-state index contributed by atoms with van der Waals surface area (Å²) in [5, 5.41) is 9.16. The Morgan fingerprint density at radius 2 is 1.92 bits per heavy atom. The van der Waals surface area contributed by atoms with Crippen LogP contribution >= 0.6 is 0 Å². The van der Waals surface area contributed by atoms with E-state index in [4.69, 9.17) is 4.74 Å². The van der Waals surface area contributed by atoms with Crippen molar-refractivity contribution in [2.45, 2.75) is 26.2 Å². The van der Waals surface area contributed by atoms with Crippen LogP contribution in [0.5, 0.6) is 0 Å². The number of hydrogen-bond donors (Lipinski definition) is 0. The summed E-state index contributed by atoms with van der Waals surface area (Å²) in [6.07, 6.45) is -0.950. The number of esters is 1. The molecule has 0 radical (unpaired) electrons. The van der Waals surface area contributed by atoms with Crippen LogP contribution in [-0.2, 0) is 4.74 Å². The molecule has 0 aliphatic carbocycles. The smallest absolute Gasteiger partial charge is 0.337 e. The van der Waals surface area contributed by atoms with Crippen LogP contribution in [0.4, 0.5) is 8.78 Å². The highest BCUT2D eigenvalue weighted by Crippen LogP contribution is 2.31. The van der Waals surface area contributed by atoms with E-state index in [1.807, 2.05) is 25.1 Å². The maximum absolute atomic E-state index is 13.1. The van der Waals surface area contributed by atoms with Crippen LogP contribution in [0.15, 0.2) is 42.6 Å². The van der Waals surface area contributed by atoms with Crippen LogP contribution in [0.2, 0.25) is 0 Å². The molecule has 2 aromatic carbocycles. The zero-order valence-corrected chi connectivity index (χ0v) is 14.7. The number of ether oxygens (including phenoxy) is 1. The summed E-state index contributed by atoms with van der Waals surface area (Å²) in [5.74, 6) is -1.41. The van der Waals surface area contributed by atoms with Gasteiger partial charge in [-0.05, 0) is 41.8 Å². The van der Waals surface area contributed by atoms with Crippen LogP contribution in [0.3, 0.4) is 0 Å². The Hall–Kier alpha value is -2.89. The lowest BCUT2D eigenvalue weighted by molar-refractivity contribution is 0.0600. The molecule has 1 aromatic heterocycles. The van der Waals surface area contributed by atoms with Crippen LogP contribution in [0.1, 0.15) is 34.5 Å². The van der Waals surface area contributed by atoms with Crippen molar-refractivity contribution in [3.63, 3.8) is 0 Å². The minimum absolute atomic E-state index is 0.282. The first-order valence-corrected chi connectivity index (χ1v) is 8.15. The summed E-state index contributed by atoms with van der Waals surface area (Å²) in [7, 11) is 1.34. The lowest BCUT2D eigenvalue weighted by atomic mass is 9.95. The van der Waals surface area contributed by atoms with Gasteiger partial charge >= 0.3 is 5.97 Å². The van der Waals surface area contributed by atoms with E-state index in [9.17, 15) is 13.6 Å². The number of methoxy groups -OCH3 is 1. The molecule has 134 valence electrons. The molecular weight excluding hydrogens is 338 g/mol. The van der Waals surface area contributed by atoms with E-state index in [-0.39, 0.29) is 5.69 Å². The third kappa shape index (κ3) is 3.27. The number of rotatable bonds is 4. The molecule has 6 heteroatoms. The van der Waals surface area contributed by atoms with Gasteiger partial charge in [-0.25, -0.2) is 13.6 Å². The lowest BCUT2D eigenvalue weighted by Gasteiger charge is -2.13. The maximum Gasteiger partial charge on any atom is 0.337 e. The molecule has 0 saturated heterocycles. The second-order valence-electron chi connectivity index (χ2n) is 6.18. The minimum Gasteiger partial charge on any atom is -0.465 e. The molecule has 0 aliphatic heterocycles. The number of alkyl halides is 2. The summed E-state index contributed by atoms with van der Waals surface area (Å²) in [6.45, 7) is 3.38. The summed E-state index contributed by atoms with van der Waals surface area (Å²) >= 11 is 0.